The molecule has 4 rings (SSSR count). The van der Waals surface area contributed by atoms with Gasteiger partial charge in [-0.15, -0.1) is 0 Å². The Bertz CT molecular complexity index is 957. The van der Waals surface area contributed by atoms with E-state index < -0.39 is 6.15 Å². The fraction of sp³-hybridized carbons (Fsp3) is 0.103. The van der Waals surface area contributed by atoms with Crippen LogP contribution in [0, 0.1) is 0 Å². The van der Waals surface area contributed by atoms with Crippen LogP contribution in [0.15, 0.2) is 122 Å². The Morgan fingerprint density at radius 3 is 1.10 bits per heavy atom. The summed E-state index contributed by atoms with van der Waals surface area (Å²) in [4.78, 5) is 1.42. The van der Waals surface area contributed by atoms with Crippen molar-refractivity contribution in [3.05, 3.63) is 127 Å². The van der Waals surface area contributed by atoms with Crippen molar-refractivity contribution >= 4 is 34.1 Å². The van der Waals surface area contributed by atoms with Crippen LogP contribution >= 0.6 is 0 Å². The predicted molar refractivity (Wildman–Crippen MR) is 139 cm³/mol. The lowest BCUT2D eigenvalue weighted by Crippen LogP contribution is -3.02. The van der Waals surface area contributed by atoms with Crippen molar-refractivity contribution in [3.63, 3.8) is 0 Å². The van der Waals surface area contributed by atoms with Gasteiger partial charge in [0.2, 0.25) is 0 Å². The Hall–Kier alpha value is -3.36. The highest BCUT2D eigenvalue weighted by Crippen LogP contribution is 2.10. The minimum Gasteiger partial charge on any atom is -0.342 e. The number of hydrogen-bond donors (Lipinski definition) is 1. The largest absolute Gasteiger partial charge is 0.342 e. The summed E-state index contributed by atoms with van der Waals surface area (Å²) in [6.45, 7) is 3.90. The lowest BCUT2D eigenvalue weighted by molar-refractivity contribution is -0.836. The van der Waals surface area contributed by atoms with Gasteiger partial charge in [-0.25, -0.2) is 0 Å². The smallest absolute Gasteiger partial charge is 0.108 e. The van der Waals surface area contributed by atoms with Crippen molar-refractivity contribution < 1.29 is 4.90 Å². The molecule has 0 aliphatic heterocycles. The zero-order valence-corrected chi connectivity index (χ0v) is 18.8. The van der Waals surface area contributed by atoms with Gasteiger partial charge >= 0.3 is 0 Å². The molecule has 1 nitrogen and oxygen atoms in total. The molecule has 4 aromatic rings. The van der Waals surface area contributed by atoms with Crippen molar-refractivity contribution in [2.75, 3.05) is 21.1 Å². The lowest BCUT2D eigenvalue weighted by Gasteiger charge is -2.44. The minimum absolute atomic E-state index is 1.14. The summed E-state index contributed by atoms with van der Waals surface area (Å²) in [5, 5.41) is 0. The van der Waals surface area contributed by atoms with Crippen LogP contribution in [0.5, 0.6) is 0 Å². The van der Waals surface area contributed by atoms with E-state index in [1.807, 2.05) is 6.08 Å². The fourth-order valence-electron chi connectivity index (χ4n) is 4.30. The molecule has 4 aromatic carbocycles. The summed E-state index contributed by atoms with van der Waals surface area (Å²) in [7, 11) is 6.25. The molecule has 0 saturated carbocycles. The van der Waals surface area contributed by atoms with Crippen molar-refractivity contribution in [3.8, 4) is 0 Å². The third kappa shape index (κ3) is 5.04. The molecule has 0 aliphatic carbocycles. The standard InChI is InChI=1S/C26H22B.C3H9N/c1-2-22-18-20-26(21-19-22)27(23-12-6-3-7-13-23,24-14-8-4-9-15-24)25-16-10-5-11-17-25;1-4(2)3/h2-21H,1H2;1-3H3/q-1;/p+1. The maximum atomic E-state index is 3.90. The molecule has 2 heteroatoms. The molecule has 0 unspecified atom stereocenters. The molecular weight excluding hydrogens is 373 g/mol. The average Bonchev–Trinajstić information content (AvgIpc) is 2.82. The van der Waals surface area contributed by atoms with Crippen LogP contribution in [-0.2, 0) is 0 Å². The molecule has 0 bridgehead atoms. The fourth-order valence-corrected chi connectivity index (χ4v) is 4.30. The van der Waals surface area contributed by atoms with Gasteiger partial charge in [-0.1, -0.05) is 128 Å². The Kier molecular flexibility index (Phi) is 7.64. The van der Waals surface area contributed by atoms with Gasteiger partial charge in [0.25, 0.3) is 0 Å². The van der Waals surface area contributed by atoms with Gasteiger partial charge in [-0.3, -0.25) is 0 Å². The zero-order valence-electron chi connectivity index (χ0n) is 18.8. The third-order valence-electron chi connectivity index (χ3n) is 5.57. The van der Waals surface area contributed by atoms with E-state index in [9.17, 15) is 0 Å². The highest BCUT2D eigenvalue weighted by molar-refractivity contribution is 7.19. The van der Waals surface area contributed by atoms with Gasteiger partial charge in [0.1, 0.15) is 6.15 Å². The molecular formula is C29H32BN. The van der Waals surface area contributed by atoms with E-state index in [4.69, 9.17) is 0 Å². The van der Waals surface area contributed by atoms with Crippen molar-refractivity contribution in [1.29, 1.82) is 0 Å². The van der Waals surface area contributed by atoms with Crippen LogP contribution in [0.2, 0.25) is 0 Å². The average molecular weight is 405 g/mol. The topological polar surface area (TPSA) is 4.44 Å². The van der Waals surface area contributed by atoms with Crippen molar-refractivity contribution in [1.82, 2.24) is 0 Å². The lowest BCUT2D eigenvalue weighted by atomic mass is 9.13. The van der Waals surface area contributed by atoms with E-state index in [0.29, 0.717) is 0 Å². The number of nitrogens with one attached hydrogen (secondary N) is 1. The summed E-state index contributed by atoms with van der Waals surface area (Å²) in [6, 6.07) is 41.4. The van der Waals surface area contributed by atoms with E-state index in [-0.39, 0.29) is 0 Å². The molecule has 0 radical (unpaired) electrons. The second-order valence-electron chi connectivity index (χ2n) is 8.47. The van der Waals surface area contributed by atoms with Crippen LogP contribution in [0.4, 0.5) is 0 Å². The van der Waals surface area contributed by atoms with Crippen LogP contribution < -0.4 is 26.8 Å². The molecule has 0 saturated heterocycles. The Balaban J connectivity index is 0.000000628. The Morgan fingerprint density at radius 2 is 0.806 bits per heavy atom. The van der Waals surface area contributed by atoms with Gasteiger partial charge in [0.15, 0.2) is 0 Å². The first kappa shape index (κ1) is 22.3. The van der Waals surface area contributed by atoms with Gasteiger partial charge in [-0.2, -0.15) is 21.9 Å². The van der Waals surface area contributed by atoms with Crippen LogP contribution in [-0.4, -0.2) is 27.3 Å². The van der Waals surface area contributed by atoms with Crippen molar-refractivity contribution in [2.24, 2.45) is 0 Å². The van der Waals surface area contributed by atoms with E-state index in [0.717, 1.165) is 5.56 Å². The van der Waals surface area contributed by atoms with E-state index in [1.165, 1.54) is 26.8 Å². The molecule has 0 heterocycles. The number of hydrogen-bond acceptors (Lipinski definition) is 0. The van der Waals surface area contributed by atoms with Gasteiger partial charge in [0, 0.05) is 0 Å². The predicted octanol–water partition coefficient (Wildman–Crippen LogP) is 2.47. The summed E-state index contributed by atoms with van der Waals surface area (Å²) < 4.78 is 0. The van der Waals surface area contributed by atoms with Gasteiger partial charge in [-0.05, 0) is 5.56 Å². The van der Waals surface area contributed by atoms with Crippen molar-refractivity contribution in [2.45, 2.75) is 0 Å². The van der Waals surface area contributed by atoms with E-state index >= 15 is 0 Å². The maximum absolute atomic E-state index is 3.90. The molecule has 31 heavy (non-hydrogen) atoms. The summed E-state index contributed by atoms with van der Waals surface area (Å²) >= 11 is 0. The second-order valence-corrected chi connectivity index (χ2v) is 8.47. The summed E-state index contributed by atoms with van der Waals surface area (Å²) in [5.74, 6) is 0. The minimum atomic E-state index is -1.27. The van der Waals surface area contributed by atoms with Crippen LogP contribution in [0.25, 0.3) is 6.08 Å². The molecule has 0 aromatic heterocycles. The molecule has 0 aliphatic rings. The van der Waals surface area contributed by atoms with E-state index in [2.05, 4.69) is 143 Å². The molecule has 1 N–H and O–H groups in total. The number of rotatable bonds is 5. The molecule has 0 fully saturated rings. The highest BCUT2D eigenvalue weighted by atomic mass is 15.0. The van der Waals surface area contributed by atoms with E-state index in [1.54, 1.807) is 0 Å². The number of quaternary nitrogens is 1. The summed E-state index contributed by atoms with van der Waals surface area (Å²) in [5.41, 5.74) is 6.41. The number of benzene rings is 4. The maximum Gasteiger partial charge on any atom is 0.108 e. The third-order valence-corrected chi connectivity index (χ3v) is 5.57. The molecule has 0 amide bonds. The SMILES string of the molecule is C=Cc1ccc([B-](c2ccccc2)(c2ccccc2)c2ccccc2)cc1.C[NH+](C)C. The monoisotopic (exact) mass is 405 g/mol. The molecule has 0 atom stereocenters. The first-order chi connectivity index (χ1) is 15.1. The second kappa shape index (κ2) is 10.6. The highest BCUT2D eigenvalue weighted by Gasteiger charge is 2.31. The van der Waals surface area contributed by atoms with Gasteiger partial charge < -0.3 is 4.90 Å². The van der Waals surface area contributed by atoms with Gasteiger partial charge in [0.05, 0.1) is 21.1 Å². The van der Waals surface area contributed by atoms with Crippen LogP contribution in [0.1, 0.15) is 5.56 Å². The quantitative estimate of drug-likeness (QED) is 0.487. The first-order valence-corrected chi connectivity index (χ1v) is 10.9. The Morgan fingerprint density at radius 1 is 0.516 bits per heavy atom. The summed E-state index contributed by atoms with van der Waals surface area (Å²) in [6.07, 6.45) is 0.624. The zero-order chi connectivity index (χ0) is 22.1. The van der Waals surface area contributed by atoms with Crippen LogP contribution in [0.3, 0.4) is 0 Å². The molecule has 156 valence electrons. The molecule has 0 spiro atoms. The normalized spacial score (nSPS) is 10.8. The first-order valence-electron chi connectivity index (χ1n) is 10.9. The Labute approximate surface area is 187 Å².